The monoisotopic (exact) mass is 349 g/mol. The number of fused-ring (bicyclic) bond motifs is 1. The predicted octanol–water partition coefficient (Wildman–Crippen LogP) is 1.93. The van der Waals surface area contributed by atoms with Gasteiger partial charge in [-0.25, -0.2) is 13.1 Å². The number of benzene rings is 1. The molecule has 0 bridgehead atoms. The molecule has 130 valence electrons. The molecule has 0 radical (unpaired) electrons. The van der Waals surface area contributed by atoms with Crippen LogP contribution < -0.4 is 4.72 Å². The molecule has 0 aliphatic carbocycles. The maximum absolute atomic E-state index is 12.2. The molecule has 7 heteroatoms. The Morgan fingerprint density at radius 2 is 2.08 bits per heavy atom. The minimum atomic E-state index is -3.41. The second kappa shape index (κ2) is 7.46. The van der Waals surface area contributed by atoms with E-state index in [0.717, 1.165) is 25.9 Å². The molecule has 1 aromatic carbocycles. The van der Waals surface area contributed by atoms with Crippen LogP contribution in [0, 0.1) is 0 Å². The maximum atomic E-state index is 12.2. The third kappa shape index (κ3) is 4.23. The molecule has 1 aromatic heterocycles. The van der Waals surface area contributed by atoms with E-state index in [4.69, 9.17) is 0 Å². The first-order chi connectivity index (χ1) is 11.6. The molecule has 3 rings (SSSR count). The van der Waals surface area contributed by atoms with Crippen molar-refractivity contribution in [1.29, 1.82) is 0 Å². The van der Waals surface area contributed by atoms with Crippen molar-refractivity contribution in [3.8, 4) is 0 Å². The van der Waals surface area contributed by atoms with E-state index in [-0.39, 0.29) is 11.8 Å². The SMILES string of the molecule is CCC(CNS(=O)(=O)Cc1ccon1)N1CCc2ccccc2C1. The van der Waals surface area contributed by atoms with E-state index in [2.05, 4.69) is 50.5 Å². The summed E-state index contributed by atoms with van der Waals surface area (Å²) in [5.74, 6) is -0.150. The fourth-order valence-corrected chi connectivity index (χ4v) is 4.23. The number of rotatable bonds is 7. The molecule has 2 heterocycles. The van der Waals surface area contributed by atoms with Crippen LogP contribution in [0.5, 0.6) is 0 Å². The summed E-state index contributed by atoms with van der Waals surface area (Å²) in [6.45, 7) is 4.34. The first-order valence-corrected chi connectivity index (χ1v) is 9.90. The summed E-state index contributed by atoms with van der Waals surface area (Å²) in [5, 5.41) is 3.66. The molecule has 1 aliphatic rings. The quantitative estimate of drug-likeness (QED) is 0.827. The van der Waals surface area contributed by atoms with Crippen LogP contribution in [0.4, 0.5) is 0 Å². The topological polar surface area (TPSA) is 75.4 Å². The molecular formula is C17H23N3O3S. The van der Waals surface area contributed by atoms with Crippen LogP contribution in [0.3, 0.4) is 0 Å². The van der Waals surface area contributed by atoms with E-state index >= 15 is 0 Å². The van der Waals surface area contributed by atoms with Crippen molar-refractivity contribution in [1.82, 2.24) is 14.8 Å². The van der Waals surface area contributed by atoms with Gasteiger partial charge in [-0.3, -0.25) is 4.90 Å². The highest BCUT2D eigenvalue weighted by Gasteiger charge is 2.24. The Morgan fingerprint density at radius 1 is 1.29 bits per heavy atom. The van der Waals surface area contributed by atoms with Crippen molar-refractivity contribution in [3.05, 3.63) is 53.4 Å². The summed E-state index contributed by atoms with van der Waals surface area (Å²) < 4.78 is 31.8. The average molecular weight is 349 g/mol. The van der Waals surface area contributed by atoms with Gasteiger partial charge in [0.25, 0.3) is 0 Å². The van der Waals surface area contributed by atoms with E-state index in [0.29, 0.717) is 12.2 Å². The highest BCUT2D eigenvalue weighted by Crippen LogP contribution is 2.21. The van der Waals surface area contributed by atoms with Crippen LogP contribution in [-0.2, 0) is 28.7 Å². The smallest absolute Gasteiger partial charge is 0.217 e. The first kappa shape index (κ1) is 17.1. The zero-order valence-electron chi connectivity index (χ0n) is 13.8. The Morgan fingerprint density at radius 3 is 2.79 bits per heavy atom. The predicted molar refractivity (Wildman–Crippen MR) is 91.8 cm³/mol. The van der Waals surface area contributed by atoms with Crippen molar-refractivity contribution in [2.45, 2.75) is 38.1 Å². The van der Waals surface area contributed by atoms with E-state index < -0.39 is 10.0 Å². The number of nitrogens with one attached hydrogen (secondary N) is 1. The van der Waals surface area contributed by atoms with E-state index in [1.165, 1.54) is 17.4 Å². The second-order valence-corrected chi connectivity index (χ2v) is 7.96. The fraction of sp³-hybridized carbons (Fsp3) is 0.471. The minimum absolute atomic E-state index is 0.150. The van der Waals surface area contributed by atoms with Gasteiger partial charge >= 0.3 is 0 Å². The average Bonchev–Trinajstić information content (AvgIpc) is 3.07. The number of hydrogen-bond acceptors (Lipinski definition) is 5. The van der Waals surface area contributed by atoms with Crippen molar-refractivity contribution < 1.29 is 12.9 Å². The van der Waals surface area contributed by atoms with Gasteiger partial charge in [-0.05, 0) is 24.0 Å². The Labute approximate surface area is 142 Å². The van der Waals surface area contributed by atoms with Crippen LogP contribution in [0.1, 0.15) is 30.2 Å². The molecule has 0 spiro atoms. The number of hydrogen-bond donors (Lipinski definition) is 1. The van der Waals surface area contributed by atoms with Gasteiger partial charge in [-0.1, -0.05) is 36.3 Å². The molecule has 1 atom stereocenters. The van der Waals surface area contributed by atoms with Gasteiger partial charge in [-0.2, -0.15) is 0 Å². The van der Waals surface area contributed by atoms with E-state index in [1.54, 1.807) is 6.07 Å². The zero-order chi connectivity index (χ0) is 17.0. The first-order valence-electron chi connectivity index (χ1n) is 8.25. The lowest BCUT2D eigenvalue weighted by atomic mass is 9.98. The Kier molecular flexibility index (Phi) is 5.33. The molecule has 1 aliphatic heterocycles. The van der Waals surface area contributed by atoms with Crippen LogP contribution in [0.2, 0.25) is 0 Å². The van der Waals surface area contributed by atoms with Crippen LogP contribution >= 0.6 is 0 Å². The van der Waals surface area contributed by atoms with Gasteiger partial charge in [0.15, 0.2) is 0 Å². The lowest BCUT2D eigenvalue weighted by Crippen LogP contribution is -2.45. The second-order valence-electron chi connectivity index (χ2n) is 6.15. The minimum Gasteiger partial charge on any atom is -0.364 e. The summed E-state index contributed by atoms with van der Waals surface area (Å²) in [5.41, 5.74) is 3.16. The van der Waals surface area contributed by atoms with Crippen LogP contribution in [-0.4, -0.2) is 37.6 Å². The molecule has 0 amide bonds. The van der Waals surface area contributed by atoms with Gasteiger partial charge in [0.05, 0.1) is 5.69 Å². The van der Waals surface area contributed by atoms with Crippen molar-refractivity contribution >= 4 is 10.0 Å². The van der Waals surface area contributed by atoms with Crippen LogP contribution in [0.25, 0.3) is 0 Å². The van der Waals surface area contributed by atoms with Gasteiger partial charge in [0.1, 0.15) is 12.0 Å². The van der Waals surface area contributed by atoms with Gasteiger partial charge < -0.3 is 4.52 Å². The number of sulfonamides is 1. The van der Waals surface area contributed by atoms with Crippen molar-refractivity contribution in [2.24, 2.45) is 0 Å². The fourth-order valence-electron chi connectivity index (χ4n) is 3.14. The number of aromatic nitrogens is 1. The largest absolute Gasteiger partial charge is 0.364 e. The summed E-state index contributed by atoms with van der Waals surface area (Å²) in [4.78, 5) is 2.36. The summed E-state index contributed by atoms with van der Waals surface area (Å²) in [6, 6.07) is 10.2. The molecule has 0 fully saturated rings. The Balaban J connectivity index is 1.59. The summed E-state index contributed by atoms with van der Waals surface area (Å²) in [6.07, 6.45) is 3.29. The van der Waals surface area contributed by atoms with Gasteiger partial charge in [-0.15, -0.1) is 0 Å². The van der Waals surface area contributed by atoms with Crippen molar-refractivity contribution in [2.75, 3.05) is 13.1 Å². The highest BCUT2D eigenvalue weighted by atomic mass is 32.2. The highest BCUT2D eigenvalue weighted by molar-refractivity contribution is 7.88. The molecule has 24 heavy (non-hydrogen) atoms. The van der Waals surface area contributed by atoms with E-state index in [1.807, 2.05) is 0 Å². The standard InChI is InChI=1S/C17H23N3O3S/c1-2-17(11-18-24(21,22)13-16-8-10-23-19-16)20-9-7-14-5-3-4-6-15(14)12-20/h3-6,8,10,17-18H,2,7,9,11-13H2,1H3. The molecule has 0 saturated heterocycles. The molecule has 0 saturated carbocycles. The molecule has 1 N–H and O–H groups in total. The van der Waals surface area contributed by atoms with E-state index in [9.17, 15) is 8.42 Å². The normalized spacial score (nSPS) is 16.7. The Bertz CT molecular complexity index is 759. The molecule has 6 nitrogen and oxygen atoms in total. The van der Waals surface area contributed by atoms with Gasteiger partial charge in [0, 0.05) is 31.7 Å². The summed E-state index contributed by atoms with van der Waals surface area (Å²) >= 11 is 0. The lowest BCUT2D eigenvalue weighted by Gasteiger charge is -2.35. The molecule has 1 unspecified atom stereocenters. The lowest BCUT2D eigenvalue weighted by molar-refractivity contribution is 0.175. The molecule has 2 aromatic rings. The maximum Gasteiger partial charge on any atom is 0.217 e. The summed E-state index contributed by atoms with van der Waals surface area (Å²) in [7, 11) is -3.41. The molecular weight excluding hydrogens is 326 g/mol. The third-order valence-corrected chi connectivity index (χ3v) is 5.80. The third-order valence-electron chi connectivity index (χ3n) is 4.52. The number of nitrogens with zero attached hydrogens (tertiary/aromatic N) is 2. The zero-order valence-corrected chi connectivity index (χ0v) is 14.6. The van der Waals surface area contributed by atoms with Gasteiger partial charge in [0.2, 0.25) is 10.0 Å². The van der Waals surface area contributed by atoms with Crippen LogP contribution in [0.15, 0.2) is 41.1 Å². The Hall–Kier alpha value is -1.70. The van der Waals surface area contributed by atoms with Crippen molar-refractivity contribution in [3.63, 3.8) is 0 Å².